The van der Waals surface area contributed by atoms with Gasteiger partial charge in [-0.1, -0.05) is 11.6 Å². The van der Waals surface area contributed by atoms with Crippen LogP contribution in [0.25, 0.3) is 22.5 Å². The lowest BCUT2D eigenvalue weighted by molar-refractivity contribution is -0.0495. The van der Waals surface area contributed by atoms with Crippen molar-refractivity contribution in [1.82, 2.24) is 9.97 Å². The predicted octanol–water partition coefficient (Wildman–Crippen LogP) is 3.50. The molecule has 22 heavy (non-hydrogen) atoms. The van der Waals surface area contributed by atoms with Gasteiger partial charge in [0.05, 0.1) is 5.56 Å². The van der Waals surface area contributed by atoms with Crippen molar-refractivity contribution in [3.05, 3.63) is 52.0 Å². The number of fused-ring (bicyclic) bond motifs is 1. The smallest absolute Gasteiger partial charge is 0.387 e. The van der Waals surface area contributed by atoms with Crippen molar-refractivity contribution < 1.29 is 17.9 Å². The van der Waals surface area contributed by atoms with Crippen LogP contribution in [0.15, 0.2) is 45.7 Å². The number of rotatable bonds is 3. The van der Waals surface area contributed by atoms with Crippen LogP contribution in [0.2, 0.25) is 5.02 Å². The van der Waals surface area contributed by atoms with Gasteiger partial charge in [0.1, 0.15) is 11.1 Å². The summed E-state index contributed by atoms with van der Waals surface area (Å²) in [4.78, 5) is 19.9. The van der Waals surface area contributed by atoms with E-state index in [4.69, 9.17) is 16.0 Å². The molecule has 3 aromatic rings. The summed E-state index contributed by atoms with van der Waals surface area (Å²) in [5.41, 5.74) is -0.452. The van der Waals surface area contributed by atoms with Crippen molar-refractivity contribution in [1.29, 1.82) is 0 Å². The first-order chi connectivity index (χ1) is 10.5. The van der Waals surface area contributed by atoms with Crippen molar-refractivity contribution in [3.63, 3.8) is 0 Å². The standard InChI is InChI=1S/C14H7ClF2N2O3/c15-7-3-4-8(10(6-7)21-14(16)17)12-19-11-9(13(20)22-12)2-1-5-18-11/h1-6,14H. The molecule has 0 spiro atoms. The Kier molecular flexibility index (Phi) is 3.72. The van der Waals surface area contributed by atoms with Gasteiger partial charge in [-0.2, -0.15) is 13.8 Å². The molecule has 8 heteroatoms. The topological polar surface area (TPSA) is 65.2 Å². The Bertz CT molecular complexity index is 899. The number of alkyl halides is 2. The molecule has 0 saturated carbocycles. The minimum atomic E-state index is -3.05. The average Bonchev–Trinajstić information content (AvgIpc) is 2.46. The van der Waals surface area contributed by atoms with Gasteiger partial charge < -0.3 is 9.15 Å². The van der Waals surface area contributed by atoms with E-state index in [1.165, 1.54) is 30.5 Å². The first-order valence-electron chi connectivity index (χ1n) is 6.05. The van der Waals surface area contributed by atoms with E-state index < -0.39 is 12.2 Å². The van der Waals surface area contributed by atoms with Crippen LogP contribution in [0.4, 0.5) is 8.78 Å². The van der Waals surface area contributed by atoms with Crippen molar-refractivity contribution in [2.24, 2.45) is 0 Å². The van der Waals surface area contributed by atoms with E-state index in [9.17, 15) is 13.6 Å². The van der Waals surface area contributed by atoms with E-state index in [-0.39, 0.29) is 33.3 Å². The fourth-order valence-electron chi connectivity index (χ4n) is 1.89. The number of aromatic nitrogens is 2. The third-order valence-corrected chi connectivity index (χ3v) is 3.03. The number of ether oxygens (including phenoxy) is 1. The highest BCUT2D eigenvalue weighted by Crippen LogP contribution is 2.32. The molecule has 112 valence electrons. The molecule has 0 amide bonds. The Morgan fingerprint density at radius 3 is 2.86 bits per heavy atom. The lowest BCUT2D eigenvalue weighted by Crippen LogP contribution is -2.06. The molecule has 0 saturated heterocycles. The molecule has 2 aromatic heterocycles. The molecule has 0 atom stereocenters. The summed E-state index contributed by atoms with van der Waals surface area (Å²) in [7, 11) is 0. The summed E-state index contributed by atoms with van der Waals surface area (Å²) in [6, 6.07) is 7.07. The van der Waals surface area contributed by atoms with Crippen molar-refractivity contribution in [3.8, 4) is 17.2 Å². The highest BCUT2D eigenvalue weighted by molar-refractivity contribution is 6.30. The number of halogens is 3. The van der Waals surface area contributed by atoms with Gasteiger partial charge in [-0.3, -0.25) is 0 Å². The Hall–Kier alpha value is -2.54. The first kappa shape index (κ1) is 14.4. The number of benzene rings is 1. The van der Waals surface area contributed by atoms with E-state index in [1.54, 1.807) is 6.07 Å². The molecule has 0 aliphatic heterocycles. The van der Waals surface area contributed by atoms with Crippen molar-refractivity contribution >= 4 is 22.6 Å². The van der Waals surface area contributed by atoms with Gasteiger partial charge in [0.25, 0.3) is 0 Å². The van der Waals surface area contributed by atoms with Crippen LogP contribution in [0.1, 0.15) is 0 Å². The second-order valence-corrected chi connectivity index (χ2v) is 4.64. The zero-order valence-corrected chi connectivity index (χ0v) is 11.6. The summed E-state index contributed by atoms with van der Waals surface area (Å²) in [6.07, 6.45) is 1.46. The summed E-state index contributed by atoms with van der Waals surface area (Å²) >= 11 is 5.76. The number of nitrogens with zero attached hydrogens (tertiary/aromatic N) is 2. The number of hydrogen-bond donors (Lipinski definition) is 0. The average molecular weight is 325 g/mol. The molecule has 0 unspecified atom stereocenters. The Labute approximate surface area is 127 Å². The maximum Gasteiger partial charge on any atom is 0.387 e. The molecule has 0 aliphatic rings. The Morgan fingerprint density at radius 1 is 1.27 bits per heavy atom. The van der Waals surface area contributed by atoms with Crippen molar-refractivity contribution in [2.45, 2.75) is 6.61 Å². The largest absolute Gasteiger partial charge is 0.434 e. The molecule has 5 nitrogen and oxygen atoms in total. The van der Waals surface area contributed by atoms with E-state index in [0.29, 0.717) is 0 Å². The van der Waals surface area contributed by atoms with Crippen LogP contribution >= 0.6 is 11.6 Å². The monoisotopic (exact) mass is 324 g/mol. The molecule has 0 radical (unpaired) electrons. The predicted molar refractivity (Wildman–Crippen MR) is 75.2 cm³/mol. The fraction of sp³-hybridized carbons (Fsp3) is 0.0714. The zero-order valence-electron chi connectivity index (χ0n) is 10.8. The maximum absolute atomic E-state index is 12.5. The second-order valence-electron chi connectivity index (χ2n) is 4.20. The normalized spacial score (nSPS) is 11.1. The van der Waals surface area contributed by atoms with Crippen LogP contribution in [0.5, 0.6) is 5.75 Å². The molecule has 3 rings (SSSR count). The van der Waals surface area contributed by atoms with Crippen LogP contribution in [0, 0.1) is 0 Å². The molecule has 2 heterocycles. The Morgan fingerprint density at radius 2 is 2.09 bits per heavy atom. The molecular weight excluding hydrogens is 318 g/mol. The second kappa shape index (κ2) is 5.69. The fourth-order valence-corrected chi connectivity index (χ4v) is 2.05. The molecule has 0 fully saturated rings. The quantitative estimate of drug-likeness (QED) is 0.737. The van der Waals surface area contributed by atoms with E-state index >= 15 is 0 Å². The van der Waals surface area contributed by atoms with Crippen LogP contribution in [-0.2, 0) is 0 Å². The van der Waals surface area contributed by atoms with Gasteiger partial charge in [-0.25, -0.2) is 9.78 Å². The maximum atomic E-state index is 12.5. The first-order valence-corrected chi connectivity index (χ1v) is 6.43. The van der Waals surface area contributed by atoms with Gasteiger partial charge in [0, 0.05) is 11.2 Å². The lowest BCUT2D eigenvalue weighted by atomic mass is 10.2. The molecule has 1 aromatic carbocycles. The third kappa shape index (κ3) is 2.75. The summed E-state index contributed by atoms with van der Waals surface area (Å²) in [5, 5.41) is 0.386. The summed E-state index contributed by atoms with van der Waals surface area (Å²) in [5.74, 6) is -0.419. The number of pyridine rings is 1. The van der Waals surface area contributed by atoms with Gasteiger partial charge >= 0.3 is 12.2 Å². The summed E-state index contributed by atoms with van der Waals surface area (Å²) in [6.45, 7) is -3.05. The zero-order chi connectivity index (χ0) is 15.7. The molecule has 0 N–H and O–H groups in total. The highest BCUT2D eigenvalue weighted by atomic mass is 35.5. The van der Waals surface area contributed by atoms with Crippen molar-refractivity contribution in [2.75, 3.05) is 0 Å². The minimum absolute atomic E-state index is 0.0781. The van der Waals surface area contributed by atoms with Gasteiger partial charge in [-0.15, -0.1) is 0 Å². The third-order valence-electron chi connectivity index (χ3n) is 2.79. The van der Waals surface area contributed by atoms with E-state index in [1.807, 2.05) is 0 Å². The van der Waals surface area contributed by atoms with E-state index in [2.05, 4.69) is 14.7 Å². The van der Waals surface area contributed by atoms with Crippen LogP contribution in [0.3, 0.4) is 0 Å². The van der Waals surface area contributed by atoms with Gasteiger partial charge in [0.2, 0.25) is 5.89 Å². The SMILES string of the molecule is O=c1oc(-c2ccc(Cl)cc2OC(F)F)nc2ncccc12. The molecular formula is C14H7ClF2N2O3. The molecule has 0 bridgehead atoms. The van der Waals surface area contributed by atoms with Gasteiger partial charge in [-0.05, 0) is 30.3 Å². The summed E-state index contributed by atoms with van der Waals surface area (Å²) < 4.78 is 34.4. The molecule has 0 aliphatic carbocycles. The van der Waals surface area contributed by atoms with Crippen LogP contribution in [-0.4, -0.2) is 16.6 Å². The van der Waals surface area contributed by atoms with E-state index in [0.717, 1.165) is 0 Å². The Balaban J connectivity index is 2.21. The minimum Gasteiger partial charge on any atom is -0.434 e. The van der Waals surface area contributed by atoms with Gasteiger partial charge in [0.15, 0.2) is 5.65 Å². The van der Waals surface area contributed by atoms with Crippen LogP contribution < -0.4 is 10.4 Å². The highest BCUT2D eigenvalue weighted by Gasteiger charge is 2.17. The number of hydrogen-bond acceptors (Lipinski definition) is 5. The lowest BCUT2D eigenvalue weighted by Gasteiger charge is -2.09.